The van der Waals surface area contributed by atoms with Gasteiger partial charge >= 0.3 is 17.1 Å². The number of unbranched alkanes of at least 4 members (excludes halogenated alkanes) is 5. The fraction of sp³-hybridized carbons (Fsp3) is 0.810. The van der Waals surface area contributed by atoms with Crippen LogP contribution in [-0.4, -0.2) is 29.8 Å². The Hall–Kier alpha value is -0.206. The van der Waals surface area contributed by atoms with E-state index in [1.807, 2.05) is 11.4 Å². The molecule has 0 aromatic carbocycles. The lowest BCUT2D eigenvalue weighted by Gasteiger charge is -2.36. The summed E-state index contributed by atoms with van der Waals surface area (Å²) in [7, 11) is -4.92. The Morgan fingerprint density at radius 1 is 0.769 bits per heavy atom. The molecule has 0 bridgehead atoms. The van der Waals surface area contributed by atoms with E-state index in [0.717, 1.165) is 32.3 Å². The summed E-state index contributed by atoms with van der Waals surface area (Å²) >= 11 is 0. The molecule has 0 amide bonds. The average Bonchev–Trinajstić information content (AvgIpc) is 2.62. The highest BCUT2D eigenvalue weighted by atomic mass is 28.5. The van der Waals surface area contributed by atoms with Gasteiger partial charge in [-0.3, -0.25) is 0 Å². The van der Waals surface area contributed by atoms with Crippen molar-refractivity contribution in [1.82, 2.24) is 0 Å². The van der Waals surface area contributed by atoms with Crippen LogP contribution in [0.1, 0.15) is 85.0 Å². The van der Waals surface area contributed by atoms with Gasteiger partial charge in [0.15, 0.2) is 0 Å². The largest absolute Gasteiger partial charge is 0.409 e. The van der Waals surface area contributed by atoms with Gasteiger partial charge in [0.05, 0.1) is 0 Å². The zero-order chi connectivity index (χ0) is 19.9. The van der Waals surface area contributed by atoms with Crippen LogP contribution < -0.4 is 0 Å². The summed E-state index contributed by atoms with van der Waals surface area (Å²) in [5, 5.41) is 0. The molecule has 0 fully saturated rings. The highest BCUT2D eigenvalue weighted by Gasteiger charge is 2.41. The van der Waals surface area contributed by atoms with Gasteiger partial charge in [0.1, 0.15) is 0 Å². The van der Waals surface area contributed by atoms with Crippen LogP contribution in [0.4, 0.5) is 0 Å². The first-order valence-electron chi connectivity index (χ1n) is 10.7. The molecule has 3 nitrogen and oxygen atoms in total. The molecule has 0 rings (SSSR count). The Morgan fingerprint density at radius 2 is 1.38 bits per heavy atom. The van der Waals surface area contributed by atoms with Crippen LogP contribution in [0.15, 0.2) is 24.6 Å². The molecular formula is C21H44O3Si2. The van der Waals surface area contributed by atoms with E-state index in [1.54, 1.807) is 0 Å². The summed E-state index contributed by atoms with van der Waals surface area (Å²) < 4.78 is 19.2. The van der Waals surface area contributed by atoms with E-state index < -0.39 is 17.1 Å². The molecule has 154 valence electrons. The molecule has 0 saturated carbocycles. The highest BCUT2D eigenvalue weighted by Crippen LogP contribution is 2.24. The van der Waals surface area contributed by atoms with Crippen LogP contribution >= 0.6 is 0 Å². The summed E-state index contributed by atoms with van der Waals surface area (Å²) in [6.07, 6.45) is 12.1. The summed E-state index contributed by atoms with van der Waals surface area (Å²) in [6, 6.07) is 0. The highest BCUT2D eigenvalue weighted by molar-refractivity contribution is 6.84. The lowest BCUT2D eigenvalue weighted by atomic mass is 10.1. The molecule has 26 heavy (non-hydrogen) atoms. The molecule has 0 aliphatic rings. The molecule has 0 heterocycles. The minimum absolute atomic E-state index is 0.256. The van der Waals surface area contributed by atoms with Gasteiger partial charge in [0.2, 0.25) is 0 Å². The summed E-state index contributed by atoms with van der Waals surface area (Å²) in [4.78, 5) is 0. The van der Waals surface area contributed by atoms with Crippen molar-refractivity contribution in [3.05, 3.63) is 24.6 Å². The van der Waals surface area contributed by atoms with E-state index in [-0.39, 0.29) is 6.10 Å². The van der Waals surface area contributed by atoms with E-state index in [4.69, 9.17) is 13.0 Å². The van der Waals surface area contributed by atoms with Gasteiger partial charge in [-0.2, -0.15) is 0 Å². The maximum Gasteiger partial charge on any atom is 0.352 e. The molecule has 3 atom stereocenters. The standard InChI is InChI=1S/C21H44O3Si2/c1-8-13-15-16-17-20-22-25(6,11-4)24-26(7,12-5)23-21(18-10-3)19-14-9-2/h11-12,21H,4-5,8-10,13-20H2,1-3,6-7H3. The third-order valence-electron chi connectivity index (χ3n) is 4.67. The van der Waals surface area contributed by atoms with E-state index in [9.17, 15) is 0 Å². The van der Waals surface area contributed by atoms with E-state index >= 15 is 0 Å². The molecule has 0 N–H and O–H groups in total. The fourth-order valence-corrected chi connectivity index (χ4v) is 8.95. The summed E-state index contributed by atoms with van der Waals surface area (Å²) in [5.74, 6) is 0. The van der Waals surface area contributed by atoms with Crippen LogP contribution in [0.2, 0.25) is 13.1 Å². The Bertz CT molecular complexity index is 378. The van der Waals surface area contributed by atoms with Gasteiger partial charge in [-0.05, 0) is 32.4 Å². The lowest BCUT2D eigenvalue weighted by Crippen LogP contribution is -2.51. The van der Waals surface area contributed by atoms with Crippen molar-refractivity contribution in [3.8, 4) is 0 Å². The van der Waals surface area contributed by atoms with Gasteiger partial charge < -0.3 is 13.0 Å². The molecule has 5 heteroatoms. The average molecular weight is 401 g/mol. The van der Waals surface area contributed by atoms with E-state index in [0.29, 0.717) is 0 Å². The number of hydrogen-bond acceptors (Lipinski definition) is 3. The maximum absolute atomic E-state index is 6.51. The van der Waals surface area contributed by atoms with Crippen molar-refractivity contribution in [3.63, 3.8) is 0 Å². The number of rotatable bonds is 18. The second-order valence-electron chi connectivity index (χ2n) is 7.48. The third kappa shape index (κ3) is 11.5. The molecule has 0 saturated heterocycles. The van der Waals surface area contributed by atoms with E-state index in [2.05, 4.69) is 47.0 Å². The summed E-state index contributed by atoms with van der Waals surface area (Å²) in [5.41, 5.74) is 3.79. The zero-order valence-corrected chi connectivity index (χ0v) is 20.1. The smallest absolute Gasteiger partial charge is 0.352 e. The fourth-order valence-electron chi connectivity index (χ4n) is 2.97. The Kier molecular flexibility index (Phi) is 14.7. The third-order valence-corrected chi connectivity index (χ3v) is 11.0. The Morgan fingerprint density at radius 3 is 1.92 bits per heavy atom. The van der Waals surface area contributed by atoms with Crippen molar-refractivity contribution >= 4 is 17.1 Å². The number of hydrogen-bond donors (Lipinski definition) is 0. The first-order valence-corrected chi connectivity index (χ1v) is 15.5. The van der Waals surface area contributed by atoms with E-state index in [1.165, 1.54) is 38.5 Å². The van der Waals surface area contributed by atoms with Crippen LogP contribution in [0.5, 0.6) is 0 Å². The van der Waals surface area contributed by atoms with Gasteiger partial charge in [-0.15, -0.1) is 13.2 Å². The monoisotopic (exact) mass is 400 g/mol. The van der Waals surface area contributed by atoms with Gasteiger partial charge in [0.25, 0.3) is 0 Å². The van der Waals surface area contributed by atoms with Crippen molar-refractivity contribution in [2.45, 2.75) is 104 Å². The topological polar surface area (TPSA) is 27.7 Å². The zero-order valence-electron chi connectivity index (χ0n) is 18.1. The molecular weight excluding hydrogens is 356 g/mol. The van der Waals surface area contributed by atoms with Crippen LogP contribution in [0.25, 0.3) is 0 Å². The van der Waals surface area contributed by atoms with Crippen molar-refractivity contribution in [1.29, 1.82) is 0 Å². The molecule has 0 aromatic rings. The predicted octanol–water partition coefficient (Wildman–Crippen LogP) is 6.96. The lowest BCUT2D eigenvalue weighted by molar-refractivity contribution is 0.127. The second-order valence-corrected chi connectivity index (χ2v) is 13.7. The van der Waals surface area contributed by atoms with Gasteiger partial charge in [0, 0.05) is 12.7 Å². The normalized spacial score (nSPS) is 17.3. The van der Waals surface area contributed by atoms with Gasteiger partial charge in [-0.1, -0.05) is 77.1 Å². The predicted molar refractivity (Wildman–Crippen MR) is 119 cm³/mol. The maximum atomic E-state index is 6.51. The SMILES string of the molecule is C=C[Si](C)(OCCCCCCC)O[Si](C)(C=C)OC(CCC)CCCC. The minimum Gasteiger partial charge on any atom is -0.409 e. The van der Waals surface area contributed by atoms with Crippen LogP contribution in [0.3, 0.4) is 0 Å². The first-order chi connectivity index (χ1) is 12.4. The van der Waals surface area contributed by atoms with Crippen molar-refractivity contribution < 1.29 is 13.0 Å². The molecule has 0 aliphatic heterocycles. The van der Waals surface area contributed by atoms with Crippen molar-refractivity contribution in [2.75, 3.05) is 6.61 Å². The van der Waals surface area contributed by atoms with Gasteiger partial charge in [-0.25, -0.2) is 0 Å². The van der Waals surface area contributed by atoms with Crippen molar-refractivity contribution in [2.24, 2.45) is 0 Å². The summed E-state index contributed by atoms with van der Waals surface area (Å²) in [6.45, 7) is 19.6. The molecule has 0 radical (unpaired) electrons. The first kappa shape index (κ1) is 25.8. The molecule has 0 spiro atoms. The quantitative estimate of drug-likeness (QED) is 0.184. The van der Waals surface area contributed by atoms with Crippen LogP contribution in [-0.2, 0) is 13.0 Å². The minimum atomic E-state index is -2.48. The molecule has 0 aliphatic carbocycles. The Labute approximate surface area is 165 Å². The van der Waals surface area contributed by atoms with Crippen LogP contribution in [0, 0.1) is 0 Å². The Balaban J connectivity index is 4.70. The molecule has 0 aromatic heterocycles. The molecule has 3 unspecified atom stereocenters. The second kappa shape index (κ2) is 14.8.